The molecule has 0 saturated heterocycles. The van der Waals surface area contributed by atoms with Crippen LogP contribution in [0.15, 0.2) is 30.3 Å². The topological polar surface area (TPSA) is 23.8 Å². The minimum Gasteiger partial charge on any atom is -0.699 e. The maximum Gasteiger partial charge on any atom is 1.00 e. The third-order valence-corrected chi connectivity index (χ3v) is 0.774. The summed E-state index contributed by atoms with van der Waals surface area (Å²) in [6.45, 7) is 0. The van der Waals surface area contributed by atoms with Crippen molar-refractivity contribution in [2.75, 3.05) is 0 Å². The maximum atomic E-state index is 7.00. The third-order valence-electron chi connectivity index (χ3n) is 0.774. The zero-order chi connectivity index (χ0) is 5.11. The van der Waals surface area contributed by atoms with Gasteiger partial charge in [-0.15, -0.1) is 5.69 Å². The van der Waals surface area contributed by atoms with E-state index in [1.165, 1.54) is 0 Å². The van der Waals surface area contributed by atoms with Crippen molar-refractivity contribution in [2.24, 2.45) is 0 Å². The Bertz CT molecular complexity index is 138. The fourth-order valence-electron chi connectivity index (χ4n) is 0.438. The van der Waals surface area contributed by atoms with Crippen molar-refractivity contribution >= 4 is 5.69 Å². The molecule has 1 N–H and O–H groups in total. The number of hydrogen-bond acceptors (Lipinski definition) is 0. The zero-order valence-corrected chi connectivity index (χ0v) is 5.13. The molecule has 8 heavy (non-hydrogen) atoms. The molecule has 0 fully saturated rings. The van der Waals surface area contributed by atoms with Crippen LogP contribution in [0.4, 0.5) is 5.69 Å². The number of hydrogen-bond donors (Lipinski definition) is 0. The summed E-state index contributed by atoms with van der Waals surface area (Å²) in [6.07, 6.45) is 0. The van der Waals surface area contributed by atoms with Crippen LogP contribution in [0.3, 0.4) is 0 Å². The zero-order valence-electron chi connectivity index (χ0n) is 4.19. The summed E-state index contributed by atoms with van der Waals surface area (Å²) < 4.78 is 0. The smallest absolute Gasteiger partial charge is 0.699 e. The van der Waals surface area contributed by atoms with Crippen molar-refractivity contribution in [2.45, 2.75) is 0 Å². The fraction of sp³-hybridized carbons (Fsp3) is 0. The van der Waals surface area contributed by atoms with Crippen molar-refractivity contribution in [1.29, 1.82) is 0 Å². The predicted octanol–water partition coefficient (Wildman–Crippen LogP) is 2.37. The van der Waals surface area contributed by atoms with Gasteiger partial charge in [0.2, 0.25) is 0 Å². The van der Waals surface area contributed by atoms with Crippen molar-refractivity contribution in [3.63, 3.8) is 0 Å². The summed E-state index contributed by atoms with van der Waals surface area (Å²) in [6, 6.07) is 9.10. The van der Waals surface area contributed by atoms with E-state index in [9.17, 15) is 0 Å². The molecule has 46 valence electrons. The monoisotopic (exact) mass is 155 g/mol. The van der Waals surface area contributed by atoms with Gasteiger partial charge in [-0.3, -0.25) is 0 Å². The molecule has 0 radical (unpaired) electrons. The Morgan fingerprint density at radius 1 is 1.00 bits per heavy atom. The normalized spacial score (nSPS) is 7.50. The standard InChI is InChI=1S/C6H6N.Cu/c7-6-4-2-1-3-5-6;/h1-5,7H;/q-1;+1. The average Bonchev–Trinajstić information content (AvgIpc) is 1.69. The molecular formula is C6H6CuN. The molecule has 0 unspecified atom stereocenters. The first-order valence-electron chi connectivity index (χ1n) is 2.16. The SMILES string of the molecule is [Cu+].[NH-]c1ccccc1. The number of rotatable bonds is 0. The van der Waals surface area contributed by atoms with Gasteiger partial charge in [-0.1, -0.05) is 30.3 Å². The maximum absolute atomic E-state index is 7.00. The van der Waals surface area contributed by atoms with Crippen LogP contribution >= 0.6 is 0 Å². The second-order valence-corrected chi connectivity index (χ2v) is 1.37. The van der Waals surface area contributed by atoms with Gasteiger partial charge in [-0.2, -0.15) is 0 Å². The average molecular weight is 156 g/mol. The first-order chi connectivity index (χ1) is 3.39. The molecule has 0 atom stereocenters. The molecule has 1 aromatic rings. The predicted molar refractivity (Wildman–Crippen MR) is 30.4 cm³/mol. The molecule has 0 saturated carbocycles. The Morgan fingerprint density at radius 2 is 1.50 bits per heavy atom. The van der Waals surface area contributed by atoms with Crippen molar-refractivity contribution in [3.05, 3.63) is 36.1 Å². The molecule has 0 spiro atoms. The van der Waals surface area contributed by atoms with Crippen LogP contribution in [0.2, 0.25) is 0 Å². The van der Waals surface area contributed by atoms with Gasteiger partial charge >= 0.3 is 17.1 Å². The summed E-state index contributed by atoms with van der Waals surface area (Å²) in [7, 11) is 0. The van der Waals surface area contributed by atoms with Gasteiger partial charge in [0.25, 0.3) is 0 Å². The molecule has 1 rings (SSSR count). The summed E-state index contributed by atoms with van der Waals surface area (Å²) in [4.78, 5) is 0. The van der Waals surface area contributed by atoms with Gasteiger partial charge in [-0.05, 0) is 0 Å². The van der Waals surface area contributed by atoms with Crippen LogP contribution < -0.4 is 0 Å². The molecule has 0 amide bonds. The third kappa shape index (κ3) is 2.01. The van der Waals surface area contributed by atoms with Gasteiger partial charge < -0.3 is 5.73 Å². The van der Waals surface area contributed by atoms with Crippen molar-refractivity contribution < 1.29 is 17.1 Å². The van der Waals surface area contributed by atoms with Gasteiger partial charge in [0, 0.05) is 0 Å². The molecule has 0 aromatic heterocycles. The van der Waals surface area contributed by atoms with E-state index in [0.717, 1.165) is 0 Å². The summed E-state index contributed by atoms with van der Waals surface area (Å²) in [5.41, 5.74) is 7.57. The molecular weight excluding hydrogens is 150 g/mol. The number of benzene rings is 1. The molecule has 0 heterocycles. The van der Waals surface area contributed by atoms with Crippen molar-refractivity contribution in [3.8, 4) is 0 Å². The van der Waals surface area contributed by atoms with Crippen molar-refractivity contribution in [1.82, 2.24) is 0 Å². The van der Waals surface area contributed by atoms with Gasteiger partial charge in [0.15, 0.2) is 0 Å². The largest absolute Gasteiger partial charge is 1.00 e. The van der Waals surface area contributed by atoms with E-state index in [1.807, 2.05) is 18.2 Å². The Kier molecular flexibility index (Phi) is 3.33. The molecule has 0 bridgehead atoms. The van der Waals surface area contributed by atoms with E-state index in [1.54, 1.807) is 12.1 Å². The van der Waals surface area contributed by atoms with Crippen LogP contribution in [0.25, 0.3) is 5.73 Å². The van der Waals surface area contributed by atoms with Gasteiger partial charge in [-0.25, -0.2) is 0 Å². The molecule has 1 aromatic carbocycles. The Morgan fingerprint density at radius 3 is 1.75 bits per heavy atom. The Labute approximate surface area is 59.4 Å². The number of nitrogens with one attached hydrogen (secondary N) is 1. The van der Waals surface area contributed by atoms with Crippen LogP contribution in [-0.4, -0.2) is 0 Å². The molecule has 1 nitrogen and oxygen atoms in total. The van der Waals surface area contributed by atoms with E-state index in [-0.39, 0.29) is 17.1 Å². The molecule has 0 aliphatic rings. The van der Waals surface area contributed by atoms with E-state index in [4.69, 9.17) is 5.73 Å². The summed E-state index contributed by atoms with van der Waals surface area (Å²) in [5, 5.41) is 0. The van der Waals surface area contributed by atoms with E-state index in [0.29, 0.717) is 5.69 Å². The minimum absolute atomic E-state index is 0. The Balaban J connectivity index is 0.000000490. The van der Waals surface area contributed by atoms with Crippen LogP contribution in [0.5, 0.6) is 0 Å². The first-order valence-corrected chi connectivity index (χ1v) is 2.16. The summed E-state index contributed by atoms with van der Waals surface area (Å²) in [5.74, 6) is 0. The van der Waals surface area contributed by atoms with E-state index >= 15 is 0 Å². The second kappa shape index (κ2) is 3.53. The second-order valence-electron chi connectivity index (χ2n) is 1.37. The van der Waals surface area contributed by atoms with Crippen LogP contribution in [0.1, 0.15) is 0 Å². The van der Waals surface area contributed by atoms with Gasteiger partial charge in [0.1, 0.15) is 0 Å². The van der Waals surface area contributed by atoms with Crippen LogP contribution in [-0.2, 0) is 17.1 Å². The first kappa shape index (κ1) is 7.54. The quantitative estimate of drug-likeness (QED) is 0.514. The molecule has 0 aliphatic heterocycles. The van der Waals surface area contributed by atoms with Gasteiger partial charge in [0.05, 0.1) is 0 Å². The molecule has 0 aliphatic carbocycles. The fourth-order valence-corrected chi connectivity index (χ4v) is 0.438. The minimum atomic E-state index is 0. The van der Waals surface area contributed by atoms with E-state index in [2.05, 4.69) is 0 Å². The Hall–Kier alpha value is -0.461. The van der Waals surface area contributed by atoms with Crippen LogP contribution in [0, 0.1) is 0 Å². The molecule has 2 heteroatoms. The summed E-state index contributed by atoms with van der Waals surface area (Å²) >= 11 is 0. The van der Waals surface area contributed by atoms with E-state index < -0.39 is 0 Å².